The summed E-state index contributed by atoms with van der Waals surface area (Å²) < 4.78 is 0. The molecule has 1 rings (SSSR count). The van der Waals surface area contributed by atoms with Crippen molar-refractivity contribution in [2.45, 2.75) is 6.92 Å². The van der Waals surface area contributed by atoms with Crippen molar-refractivity contribution in [3.63, 3.8) is 0 Å². The highest BCUT2D eigenvalue weighted by Crippen LogP contribution is 2.19. The number of hydrogen-bond acceptors (Lipinski definition) is 3. The SMILES string of the molecule is CC(=O)c1cc(NC(N)=O)cs1. The monoisotopic (exact) mass is 184 g/mol. The van der Waals surface area contributed by atoms with Crippen molar-refractivity contribution in [1.82, 2.24) is 0 Å². The van der Waals surface area contributed by atoms with Crippen LogP contribution in [0.5, 0.6) is 0 Å². The quantitative estimate of drug-likeness (QED) is 0.682. The van der Waals surface area contributed by atoms with Gasteiger partial charge in [-0.05, 0) is 13.0 Å². The first kappa shape index (κ1) is 8.73. The van der Waals surface area contributed by atoms with E-state index >= 15 is 0 Å². The minimum atomic E-state index is -0.622. The maximum absolute atomic E-state index is 10.8. The zero-order valence-corrected chi connectivity index (χ0v) is 7.27. The van der Waals surface area contributed by atoms with Gasteiger partial charge in [0.05, 0.1) is 10.6 Å². The van der Waals surface area contributed by atoms with E-state index in [9.17, 15) is 9.59 Å². The van der Waals surface area contributed by atoms with Gasteiger partial charge in [-0.15, -0.1) is 11.3 Å². The van der Waals surface area contributed by atoms with Crippen molar-refractivity contribution in [2.24, 2.45) is 5.73 Å². The predicted molar refractivity (Wildman–Crippen MR) is 47.5 cm³/mol. The molecule has 64 valence electrons. The van der Waals surface area contributed by atoms with Crippen molar-refractivity contribution in [3.8, 4) is 0 Å². The average molecular weight is 184 g/mol. The van der Waals surface area contributed by atoms with E-state index in [0.717, 1.165) is 0 Å². The van der Waals surface area contributed by atoms with Crippen LogP contribution in [0.1, 0.15) is 16.6 Å². The second kappa shape index (κ2) is 3.36. The fourth-order valence-electron chi connectivity index (χ4n) is 0.729. The Morgan fingerprint density at radius 1 is 1.58 bits per heavy atom. The summed E-state index contributed by atoms with van der Waals surface area (Å²) in [7, 11) is 0. The number of ketones is 1. The number of amides is 2. The van der Waals surface area contributed by atoms with Crippen molar-refractivity contribution >= 4 is 28.8 Å². The highest BCUT2D eigenvalue weighted by atomic mass is 32.1. The third kappa shape index (κ3) is 2.06. The molecule has 4 nitrogen and oxygen atoms in total. The molecule has 0 radical (unpaired) electrons. The van der Waals surface area contributed by atoms with E-state index in [2.05, 4.69) is 5.32 Å². The Labute approximate surface area is 73.4 Å². The molecule has 0 saturated carbocycles. The summed E-state index contributed by atoms with van der Waals surface area (Å²) in [6.07, 6.45) is 0. The number of rotatable bonds is 2. The normalized spacial score (nSPS) is 9.42. The molecule has 2 amide bonds. The highest BCUT2D eigenvalue weighted by Gasteiger charge is 2.04. The number of primary amides is 1. The van der Waals surface area contributed by atoms with Crippen LogP contribution < -0.4 is 11.1 Å². The first-order valence-electron chi connectivity index (χ1n) is 3.25. The van der Waals surface area contributed by atoms with Gasteiger partial charge in [0.1, 0.15) is 0 Å². The molecule has 0 fully saturated rings. The van der Waals surface area contributed by atoms with E-state index in [4.69, 9.17) is 5.73 Å². The summed E-state index contributed by atoms with van der Waals surface area (Å²) >= 11 is 1.28. The van der Waals surface area contributed by atoms with Crippen molar-refractivity contribution < 1.29 is 9.59 Å². The number of carbonyl (C=O) groups excluding carboxylic acids is 2. The van der Waals surface area contributed by atoms with Gasteiger partial charge >= 0.3 is 6.03 Å². The molecule has 0 spiro atoms. The van der Waals surface area contributed by atoms with Gasteiger partial charge in [0.25, 0.3) is 0 Å². The van der Waals surface area contributed by atoms with Gasteiger partial charge < -0.3 is 11.1 Å². The highest BCUT2D eigenvalue weighted by molar-refractivity contribution is 7.12. The number of thiophene rings is 1. The summed E-state index contributed by atoms with van der Waals surface area (Å²) in [4.78, 5) is 21.8. The summed E-state index contributed by atoms with van der Waals surface area (Å²) in [5.41, 5.74) is 5.45. The summed E-state index contributed by atoms with van der Waals surface area (Å²) in [5.74, 6) is -0.0162. The fourth-order valence-corrected chi connectivity index (χ4v) is 1.47. The number of nitrogens with one attached hydrogen (secondary N) is 1. The molecule has 3 N–H and O–H groups in total. The van der Waals surface area contributed by atoms with Crippen LogP contribution in [-0.4, -0.2) is 11.8 Å². The largest absolute Gasteiger partial charge is 0.351 e. The Morgan fingerprint density at radius 3 is 2.67 bits per heavy atom. The molecule has 0 unspecified atom stereocenters. The second-order valence-corrected chi connectivity index (χ2v) is 3.16. The van der Waals surface area contributed by atoms with Crippen LogP contribution in [0.15, 0.2) is 11.4 Å². The first-order chi connectivity index (χ1) is 5.59. The minimum Gasteiger partial charge on any atom is -0.351 e. The zero-order chi connectivity index (χ0) is 9.14. The average Bonchev–Trinajstić information content (AvgIpc) is 2.34. The van der Waals surface area contributed by atoms with Crippen molar-refractivity contribution in [1.29, 1.82) is 0 Å². The topological polar surface area (TPSA) is 72.2 Å². The van der Waals surface area contributed by atoms with Gasteiger partial charge in [-0.25, -0.2) is 4.79 Å². The van der Waals surface area contributed by atoms with Gasteiger partial charge in [-0.3, -0.25) is 4.79 Å². The van der Waals surface area contributed by atoms with Crippen LogP contribution in [0.25, 0.3) is 0 Å². The van der Waals surface area contributed by atoms with E-state index in [-0.39, 0.29) is 5.78 Å². The maximum atomic E-state index is 10.8. The van der Waals surface area contributed by atoms with E-state index in [0.29, 0.717) is 10.6 Å². The number of hydrogen-bond donors (Lipinski definition) is 2. The van der Waals surface area contributed by atoms with Crippen LogP contribution in [-0.2, 0) is 0 Å². The van der Waals surface area contributed by atoms with Crippen LogP contribution in [0.2, 0.25) is 0 Å². The number of nitrogens with two attached hydrogens (primary N) is 1. The Hall–Kier alpha value is -1.36. The zero-order valence-electron chi connectivity index (χ0n) is 6.46. The standard InChI is InChI=1S/C7H8N2O2S/c1-4(10)6-2-5(3-12-6)9-7(8)11/h2-3H,1H3,(H3,8,9,11). The summed E-state index contributed by atoms with van der Waals surface area (Å²) in [6, 6.07) is 0.973. The Kier molecular flexibility index (Phi) is 2.44. The number of carbonyl (C=O) groups is 2. The maximum Gasteiger partial charge on any atom is 0.316 e. The molecule has 1 aromatic heterocycles. The number of anilines is 1. The minimum absolute atomic E-state index is 0.0162. The van der Waals surface area contributed by atoms with Gasteiger partial charge in [-0.1, -0.05) is 0 Å². The molecule has 0 aliphatic carbocycles. The van der Waals surface area contributed by atoms with E-state index in [1.807, 2.05) is 0 Å². The molecule has 0 aliphatic rings. The van der Waals surface area contributed by atoms with Crippen molar-refractivity contribution in [3.05, 3.63) is 16.3 Å². The molecule has 0 aliphatic heterocycles. The van der Waals surface area contributed by atoms with Crippen LogP contribution >= 0.6 is 11.3 Å². The van der Waals surface area contributed by atoms with Gasteiger partial charge in [0, 0.05) is 5.38 Å². The third-order valence-corrected chi connectivity index (χ3v) is 2.25. The van der Waals surface area contributed by atoms with E-state index < -0.39 is 6.03 Å². The lowest BCUT2D eigenvalue weighted by Gasteiger charge is -1.93. The number of Topliss-reactive ketones (excluding diaryl/α,β-unsaturated/α-hetero) is 1. The molecular formula is C7H8N2O2S. The molecule has 0 saturated heterocycles. The predicted octanol–water partition coefficient (Wildman–Crippen LogP) is 1.44. The Bertz CT molecular complexity index is 319. The lowest BCUT2D eigenvalue weighted by molar-refractivity contribution is 0.102. The molecule has 12 heavy (non-hydrogen) atoms. The molecule has 0 bridgehead atoms. The van der Waals surface area contributed by atoms with Crippen molar-refractivity contribution in [2.75, 3.05) is 5.32 Å². The molecule has 5 heteroatoms. The Morgan fingerprint density at radius 2 is 2.25 bits per heavy atom. The van der Waals surface area contributed by atoms with Crippen LogP contribution in [0.4, 0.5) is 10.5 Å². The lowest BCUT2D eigenvalue weighted by Crippen LogP contribution is -2.18. The summed E-state index contributed by atoms with van der Waals surface area (Å²) in [5, 5.41) is 4.05. The van der Waals surface area contributed by atoms with Crippen LogP contribution in [0.3, 0.4) is 0 Å². The molecular weight excluding hydrogens is 176 g/mol. The van der Waals surface area contributed by atoms with Crippen LogP contribution in [0, 0.1) is 0 Å². The van der Waals surface area contributed by atoms with Gasteiger partial charge in [0.15, 0.2) is 5.78 Å². The first-order valence-corrected chi connectivity index (χ1v) is 4.13. The van der Waals surface area contributed by atoms with Gasteiger partial charge in [0.2, 0.25) is 0 Å². The Balaban J connectivity index is 2.77. The van der Waals surface area contributed by atoms with E-state index in [1.54, 1.807) is 11.4 Å². The second-order valence-electron chi connectivity index (χ2n) is 2.25. The smallest absolute Gasteiger partial charge is 0.316 e. The molecule has 1 heterocycles. The molecule has 1 aromatic rings. The van der Waals surface area contributed by atoms with Gasteiger partial charge in [-0.2, -0.15) is 0 Å². The van der Waals surface area contributed by atoms with E-state index in [1.165, 1.54) is 18.3 Å². The summed E-state index contributed by atoms with van der Waals surface area (Å²) in [6.45, 7) is 1.47. The molecule has 0 atom stereocenters. The third-order valence-electron chi connectivity index (χ3n) is 1.21. The lowest BCUT2D eigenvalue weighted by atomic mass is 10.3. The number of urea groups is 1. The molecule has 0 aromatic carbocycles. The fraction of sp³-hybridized carbons (Fsp3) is 0.143.